The molecule has 1 atom stereocenters. The molecule has 2 rings (SSSR count). The van der Waals surface area contributed by atoms with E-state index in [1.165, 1.54) is 19.1 Å². The number of amides is 2. The van der Waals surface area contributed by atoms with Gasteiger partial charge in [0.1, 0.15) is 5.60 Å². The van der Waals surface area contributed by atoms with E-state index in [0.29, 0.717) is 11.4 Å². The molecule has 0 unspecified atom stereocenters. The Morgan fingerprint density at radius 3 is 2.00 bits per heavy atom. The summed E-state index contributed by atoms with van der Waals surface area (Å²) in [5, 5.41) is 5.39. The lowest BCUT2D eigenvalue weighted by atomic mass is 10.1. The third-order valence-corrected chi connectivity index (χ3v) is 4.15. The molecule has 2 aromatic rings. The standard InChI is InChI=1S/C23H28N2O5/c1-14-8-7-9-15(2)19(14)25-20(26)16(3)29-21(27)17-10-12-18(13-11-17)24-22(28)30-23(4,5)6/h7-13,16H,1-6H3,(H,24,28)(H,25,26)/t16-/m1/s1. The molecule has 2 amide bonds. The van der Waals surface area contributed by atoms with E-state index in [0.717, 1.165) is 11.1 Å². The van der Waals surface area contributed by atoms with Crippen molar-refractivity contribution in [3.63, 3.8) is 0 Å². The number of hydrogen-bond donors (Lipinski definition) is 2. The number of benzene rings is 2. The first kappa shape index (κ1) is 22.9. The van der Waals surface area contributed by atoms with Crippen LogP contribution in [0.15, 0.2) is 42.5 Å². The average molecular weight is 412 g/mol. The molecule has 0 spiro atoms. The molecule has 0 aromatic heterocycles. The minimum atomic E-state index is -0.976. The largest absolute Gasteiger partial charge is 0.449 e. The number of aryl methyl sites for hydroxylation is 2. The first-order chi connectivity index (χ1) is 14.0. The van der Waals surface area contributed by atoms with Crippen LogP contribution in [0, 0.1) is 13.8 Å². The Hall–Kier alpha value is -3.35. The van der Waals surface area contributed by atoms with Gasteiger partial charge in [0.2, 0.25) is 0 Å². The highest BCUT2D eigenvalue weighted by Gasteiger charge is 2.21. The zero-order valence-corrected chi connectivity index (χ0v) is 18.2. The average Bonchev–Trinajstić information content (AvgIpc) is 2.63. The molecule has 2 aromatic carbocycles. The van der Waals surface area contributed by atoms with E-state index in [-0.39, 0.29) is 5.56 Å². The van der Waals surface area contributed by atoms with Gasteiger partial charge >= 0.3 is 12.1 Å². The van der Waals surface area contributed by atoms with Crippen molar-refractivity contribution in [3.8, 4) is 0 Å². The minimum absolute atomic E-state index is 0.261. The first-order valence-corrected chi connectivity index (χ1v) is 9.64. The first-order valence-electron chi connectivity index (χ1n) is 9.64. The molecule has 0 aliphatic rings. The number of hydrogen-bond acceptors (Lipinski definition) is 5. The number of carbonyl (C=O) groups is 3. The molecule has 2 N–H and O–H groups in total. The van der Waals surface area contributed by atoms with Gasteiger partial charge in [-0.3, -0.25) is 10.1 Å². The maximum Gasteiger partial charge on any atom is 0.412 e. The van der Waals surface area contributed by atoms with E-state index >= 15 is 0 Å². The molecular formula is C23H28N2O5. The van der Waals surface area contributed by atoms with Gasteiger partial charge in [0, 0.05) is 11.4 Å². The second-order valence-corrected chi connectivity index (χ2v) is 8.01. The van der Waals surface area contributed by atoms with Crippen LogP contribution in [-0.2, 0) is 14.3 Å². The highest BCUT2D eigenvalue weighted by molar-refractivity contribution is 5.98. The maximum atomic E-state index is 12.4. The Bertz CT molecular complexity index is 909. The van der Waals surface area contributed by atoms with Crippen molar-refractivity contribution >= 4 is 29.3 Å². The number of carbonyl (C=O) groups excluding carboxylic acids is 3. The molecule has 0 heterocycles. The van der Waals surface area contributed by atoms with Gasteiger partial charge in [0.05, 0.1) is 5.56 Å². The Morgan fingerprint density at radius 1 is 0.900 bits per heavy atom. The molecule has 160 valence electrons. The fraction of sp³-hybridized carbons (Fsp3) is 0.348. The SMILES string of the molecule is Cc1cccc(C)c1NC(=O)[C@@H](C)OC(=O)c1ccc(NC(=O)OC(C)(C)C)cc1. The Morgan fingerprint density at radius 2 is 1.47 bits per heavy atom. The summed E-state index contributed by atoms with van der Waals surface area (Å²) >= 11 is 0. The molecule has 0 aliphatic heterocycles. The van der Waals surface area contributed by atoms with E-state index in [4.69, 9.17) is 9.47 Å². The van der Waals surface area contributed by atoms with Crippen LogP contribution in [0.4, 0.5) is 16.2 Å². The molecule has 30 heavy (non-hydrogen) atoms. The highest BCUT2D eigenvalue weighted by Crippen LogP contribution is 2.20. The number of nitrogens with one attached hydrogen (secondary N) is 2. The van der Waals surface area contributed by atoms with Crippen molar-refractivity contribution in [2.45, 2.75) is 53.2 Å². The number of rotatable bonds is 5. The molecule has 0 saturated heterocycles. The van der Waals surface area contributed by atoms with Crippen LogP contribution in [0.3, 0.4) is 0 Å². The van der Waals surface area contributed by atoms with Gasteiger partial charge in [0.15, 0.2) is 6.10 Å². The van der Waals surface area contributed by atoms with E-state index in [2.05, 4.69) is 10.6 Å². The lowest BCUT2D eigenvalue weighted by Gasteiger charge is -2.19. The summed E-state index contributed by atoms with van der Waals surface area (Å²) in [6, 6.07) is 11.8. The van der Waals surface area contributed by atoms with Crippen molar-refractivity contribution in [1.29, 1.82) is 0 Å². The number of ether oxygens (including phenoxy) is 2. The quantitative estimate of drug-likeness (QED) is 0.686. The van der Waals surface area contributed by atoms with Crippen LogP contribution in [0.5, 0.6) is 0 Å². The summed E-state index contributed by atoms with van der Waals surface area (Å²) in [6.07, 6.45) is -1.56. The normalized spacial score (nSPS) is 11.9. The summed E-state index contributed by atoms with van der Waals surface area (Å²) in [4.78, 5) is 36.6. The van der Waals surface area contributed by atoms with Gasteiger partial charge in [-0.05, 0) is 76.9 Å². The highest BCUT2D eigenvalue weighted by atomic mass is 16.6. The zero-order valence-electron chi connectivity index (χ0n) is 18.2. The lowest BCUT2D eigenvalue weighted by Crippen LogP contribution is -2.30. The molecule has 7 nitrogen and oxygen atoms in total. The molecule has 0 saturated carbocycles. The monoisotopic (exact) mass is 412 g/mol. The third kappa shape index (κ3) is 6.62. The van der Waals surface area contributed by atoms with Gasteiger partial charge in [-0.25, -0.2) is 9.59 Å². The van der Waals surface area contributed by atoms with Crippen LogP contribution < -0.4 is 10.6 Å². The summed E-state index contributed by atoms with van der Waals surface area (Å²) in [7, 11) is 0. The van der Waals surface area contributed by atoms with Crippen LogP contribution in [0.2, 0.25) is 0 Å². The van der Waals surface area contributed by atoms with Gasteiger partial charge in [-0.15, -0.1) is 0 Å². The predicted octanol–water partition coefficient (Wildman–Crippen LogP) is 4.83. The van der Waals surface area contributed by atoms with Gasteiger partial charge < -0.3 is 14.8 Å². The van der Waals surface area contributed by atoms with Crippen molar-refractivity contribution in [1.82, 2.24) is 0 Å². The number of para-hydroxylation sites is 1. The Balaban J connectivity index is 1.95. The van der Waals surface area contributed by atoms with E-state index < -0.39 is 29.7 Å². The van der Waals surface area contributed by atoms with Gasteiger partial charge in [-0.2, -0.15) is 0 Å². The van der Waals surface area contributed by atoms with Gasteiger partial charge in [-0.1, -0.05) is 18.2 Å². The Labute approximate surface area is 176 Å². The smallest absolute Gasteiger partial charge is 0.412 e. The third-order valence-electron chi connectivity index (χ3n) is 4.15. The Kier molecular flexibility index (Phi) is 7.21. The maximum absolute atomic E-state index is 12.4. The summed E-state index contributed by atoms with van der Waals surface area (Å²) in [6.45, 7) is 10.6. The molecular weight excluding hydrogens is 384 g/mol. The molecule has 7 heteroatoms. The van der Waals surface area contributed by atoms with Crippen molar-refractivity contribution in [3.05, 3.63) is 59.2 Å². The van der Waals surface area contributed by atoms with Crippen LogP contribution in [0.25, 0.3) is 0 Å². The van der Waals surface area contributed by atoms with Gasteiger partial charge in [0.25, 0.3) is 5.91 Å². The minimum Gasteiger partial charge on any atom is -0.449 e. The topological polar surface area (TPSA) is 93.7 Å². The van der Waals surface area contributed by atoms with Crippen molar-refractivity contribution in [2.24, 2.45) is 0 Å². The zero-order chi connectivity index (χ0) is 22.5. The van der Waals surface area contributed by atoms with Crippen molar-refractivity contribution < 1.29 is 23.9 Å². The second-order valence-electron chi connectivity index (χ2n) is 8.01. The summed E-state index contributed by atoms with van der Waals surface area (Å²) in [5.74, 6) is -1.05. The molecule has 0 radical (unpaired) electrons. The molecule has 0 bridgehead atoms. The second kappa shape index (κ2) is 9.43. The van der Waals surface area contributed by atoms with Crippen molar-refractivity contribution in [2.75, 3.05) is 10.6 Å². The number of anilines is 2. The summed E-state index contributed by atoms with van der Waals surface area (Å²) in [5.41, 5.74) is 2.69. The molecule has 0 fully saturated rings. The fourth-order valence-corrected chi connectivity index (χ4v) is 2.63. The van der Waals surface area contributed by atoms with Crippen LogP contribution >= 0.6 is 0 Å². The van der Waals surface area contributed by atoms with Crippen LogP contribution in [0.1, 0.15) is 49.2 Å². The lowest BCUT2D eigenvalue weighted by molar-refractivity contribution is -0.123. The number of esters is 1. The van der Waals surface area contributed by atoms with E-state index in [9.17, 15) is 14.4 Å². The summed E-state index contributed by atoms with van der Waals surface area (Å²) < 4.78 is 10.5. The van der Waals surface area contributed by atoms with E-state index in [1.54, 1.807) is 32.9 Å². The predicted molar refractivity (Wildman–Crippen MR) is 116 cm³/mol. The molecule has 0 aliphatic carbocycles. The van der Waals surface area contributed by atoms with Crippen LogP contribution in [-0.4, -0.2) is 29.7 Å². The van der Waals surface area contributed by atoms with E-state index in [1.807, 2.05) is 32.0 Å². The fourth-order valence-electron chi connectivity index (χ4n) is 2.63.